The second-order valence-electron chi connectivity index (χ2n) is 3.33. The Labute approximate surface area is 88.4 Å². The third-order valence-corrected chi connectivity index (χ3v) is 1.64. The number of benzene rings is 1. The first-order valence-corrected chi connectivity index (χ1v) is 4.54. The van der Waals surface area contributed by atoms with Crippen LogP contribution < -0.4 is 4.74 Å². The summed E-state index contributed by atoms with van der Waals surface area (Å²) in [4.78, 5) is 21.6. The second-order valence-corrected chi connectivity index (χ2v) is 3.33. The van der Waals surface area contributed by atoms with Crippen LogP contribution in [0.1, 0.15) is 24.2 Å². The van der Waals surface area contributed by atoms with Crippen LogP contribution in [0.5, 0.6) is 5.75 Å². The summed E-state index contributed by atoms with van der Waals surface area (Å²) in [5, 5.41) is 0. The van der Waals surface area contributed by atoms with E-state index in [-0.39, 0.29) is 0 Å². The van der Waals surface area contributed by atoms with Crippen LogP contribution in [0.25, 0.3) is 0 Å². The molecule has 0 spiro atoms. The summed E-state index contributed by atoms with van der Waals surface area (Å²) in [6, 6.07) is 6.36. The van der Waals surface area contributed by atoms with Crippen molar-refractivity contribution < 1.29 is 14.3 Å². The van der Waals surface area contributed by atoms with E-state index in [1.807, 2.05) is 13.8 Å². The fraction of sp³-hybridized carbons (Fsp3) is 0.167. The molecule has 3 nitrogen and oxygen atoms in total. The summed E-state index contributed by atoms with van der Waals surface area (Å²) in [6.07, 6.45) is 2.15. The Kier molecular flexibility index (Phi) is 3.80. The van der Waals surface area contributed by atoms with E-state index in [1.165, 1.54) is 6.08 Å². The average molecular weight is 204 g/mol. The van der Waals surface area contributed by atoms with Gasteiger partial charge in [0.15, 0.2) is 0 Å². The van der Waals surface area contributed by atoms with Gasteiger partial charge in [-0.3, -0.25) is 4.79 Å². The molecule has 0 amide bonds. The molecule has 0 aromatic heterocycles. The van der Waals surface area contributed by atoms with Gasteiger partial charge in [-0.2, -0.15) is 0 Å². The number of hydrogen-bond donors (Lipinski definition) is 0. The zero-order chi connectivity index (χ0) is 11.3. The molecule has 0 heterocycles. The molecule has 1 rings (SSSR count). The minimum Gasteiger partial charge on any atom is -0.423 e. The van der Waals surface area contributed by atoms with Crippen LogP contribution in [0.2, 0.25) is 0 Å². The van der Waals surface area contributed by atoms with Gasteiger partial charge in [-0.1, -0.05) is 5.57 Å². The average Bonchev–Trinajstić information content (AvgIpc) is 2.17. The molecule has 0 unspecified atom stereocenters. The maximum atomic E-state index is 11.2. The topological polar surface area (TPSA) is 43.4 Å². The molecule has 1 aromatic carbocycles. The minimum absolute atomic E-state index is 0.408. The smallest absolute Gasteiger partial charge is 0.336 e. The molecule has 0 aliphatic rings. The highest BCUT2D eigenvalue weighted by Gasteiger charge is 2.00. The van der Waals surface area contributed by atoms with Crippen LogP contribution in [0.4, 0.5) is 0 Å². The van der Waals surface area contributed by atoms with Crippen LogP contribution in [0.15, 0.2) is 35.9 Å². The molecule has 0 N–H and O–H groups in total. The molecule has 3 heteroatoms. The standard InChI is InChI=1S/C12H12O3/c1-9(2)7-12(14)15-11-5-3-10(8-13)4-6-11/h3-8H,1-2H3. The molecular formula is C12H12O3. The van der Waals surface area contributed by atoms with Gasteiger partial charge in [0.1, 0.15) is 12.0 Å². The van der Waals surface area contributed by atoms with E-state index in [9.17, 15) is 9.59 Å². The first kappa shape index (κ1) is 11.2. The number of rotatable bonds is 3. The van der Waals surface area contributed by atoms with Gasteiger partial charge in [0.05, 0.1) is 0 Å². The largest absolute Gasteiger partial charge is 0.423 e. The van der Waals surface area contributed by atoms with Crippen molar-refractivity contribution in [3.63, 3.8) is 0 Å². The summed E-state index contributed by atoms with van der Waals surface area (Å²) < 4.78 is 4.99. The molecular weight excluding hydrogens is 192 g/mol. The van der Waals surface area contributed by atoms with Gasteiger partial charge in [0.25, 0.3) is 0 Å². The van der Waals surface area contributed by atoms with Crippen molar-refractivity contribution in [2.75, 3.05) is 0 Å². The molecule has 0 aliphatic carbocycles. The van der Waals surface area contributed by atoms with E-state index in [4.69, 9.17) is 4.74 Å². The Morgan fingerprint density at radius 2 is 1.80 bits per heavy atom. The highest BCUT2D eigenvalue weighted by Crippen LogP contribution is 2.11. The van der Waals surface area contributed by atoms with Gasteiger partial charge in [0.2, 0.25) is 0 Å². The van der Waals surface area contributed by atoms with Crippen LogP contribution in [0.3, 0.4) is 0 Å². The highest BCUT2D eigenvalue weighted by molar-refractivity contribution is 5.84. The van der Waals surface area contributed by atoms with Crippen molar-refractivity contribution in [3.05, 3.63) is 41.5 Å². The first-order valence-electron chi connectivity index (χ1n) is 4.54. The molecule has 1 aromatic rings. The van der Waals surface area contributed by atoms with Crippen molar-refractivity contribution in [1.29, 1.82) is 0 Å². The third kappa shape index (κ3) is 3.77. The molecule has 0 atom stereocenters. The summed E-state index contributed by atoms with van der Waals surface area (Å²) in [7, 11) is 0. The second kappa shape index (κ2) is 5.10. The summed E-state index contributed by atoms with van der Waals surface area (Å²) in [5.41, 5.74) is 1.43. The van der Waals surface area contributed by atoms with Crippen molar-refractivity contribution in [3.8, 4) is 5.75 Å². The Morgan fingerprint density at radius 1 is 1.20 bits per heavy atom. The lowest BCUT2D eigenvalue weighted by Crippen LogP contribution is -2.04. The highest BCUT2D eigenvalue weighted by atomic mass is 16.5. The minimum atomic E-state index is -0.408. The van der Waals surface area contributed by atoms with Crippen molar-refractivity contribution >= 4 is 12.3 Å². The predicted octanol–water partition coefficient (Wildman–Crippen LogP) is 2.37. The van der Waals surface area contributed by atoms with Gasteiger partial charge in [0, 0.05) is 11.6 Å². The number of ether oxygens (including phenoxy) is 1. The van der Waals surface area contributed by atoms with Gasteiger partial charge in [-0.15, -0.1) is 0 Å². The summed E-state index contributed by atoms with van der Waals surface area (Å²) >= 11 is 0. The molecule has 15 heavy (non-hydrogen) atoms. The van der Waals surface area contributed by atoms with Crippen molar-refractivity contribution in [1.82, 2.24) is 0 Å². The Bertz CT molecular complexity index is 384. The fourth-order valence-corrected chi connectivity index (χ4v) is 0.996. The van der Waals surface area contributed by atoms with Gasteiger partial charge in [-0.25, -0.2) is 4.79 Å². The van der Waals surface area contributed by atoms with Crippen LogP contribution >= 0.6 is 0 Å². The van der Waals surface area contributed by atoms with E-state index in [2.05, 4.69) is 0 Å². The molecule has 0 radical (unpaired) electrons. The number of hydrogen-bond acceptors (Lipinski definition) is 3. The van der Waals surface area contributed by atoms with Crippen molar-refractivity contribution in [2.24, 2.45) is 0 Å². The van der Waals surface area contributed by atoms with E-state index >= 15 is 0 Å². The van der Waals surface area contributed by atoms with Crippen LogP contribution in [-0.2, 0) is 4.79 Å². The number of allylic oxidation sites excluding steroid dienone is 1. The quantitative estimate of drug-likeness (QED) is 0.328. The Balaban J connectivity index is 2.69. The van der Waals surface area contributed by atoms with E-state index < -0.39 is 5.97 Å². The molecule has 0 bridgehead atoms. The van der Waals surface area contributed by atoms with Gasteiger partial charge in [-0.05, 0) is 38.1 Å². The molecule has 0 saturated carbocycles. The summed E-state index contributed by atoms with van der Waals surface area (Å²) in [6.45, 7) is 3.63. The first-order chi connectivity index (χ1) is 7.11. The zero-order valence-corrected chi connectivity index (χ0v) is 8.69. The van der Waals surface area contributed by atoms with Gasteiger partial charge < -0.3 is 4.74 Å². The van der Waals surface area contributed by atoms with Gasteiger partial charge >= 0.3 is 5.97 Å². The summed E-state index contributed by atoms with van der Waals surface area (Å²) in [5.74, 6) is 0.0250. The Morgan fingerprint density at radius 3 is 2.27 bits per heavy atom. The fourth-order valence-electron chi connectivity index (χ4n) is 0.996. The Hall–Kier alpha value is -1.90. The third-order valence-electron chi connectivity index (χ3n) is 1.64. The lowest BCUT2D eigenvalue weighted by molar-refractivity contribution is -0.129. The number of esters is 1. The maximum absolute atomic E-state index is 11.2. The number of carbonyl (C=O) groups excluding carboxylic acids is 2. The van der Waals surface area contributed by atoms with E-state index in [1.54, 1.807) is 24.3 Å². The predicted molar refractivity (Wildman–Crippen MR) is 56.9 cm³/mol. The maximum Gasteiger partial charge on any atom is 0.336 e. The van der Waals surface area contributed by atoms with Crippen LogP contribution in [0, 0.1) is 0 Å². The van der Waals surface area contributed by atoms with E-state index in [0.29, 0.717) is 11.3 Å². The SMILES string of the molecule is CC(C)=CC(=O)Oc1ccc(C=O)cc1. The molecule has 0 aliphatic heterocycles. The lowest BCUT2D eigenvalue weighted by atomic mass is 10.2. The molecule has 0 fully saturated rings. The van der Waals surface area contributed by atoms with E-state index in [0.717, 1.165) is 11.9 Å². The monoisotopic (exact) mass is 204 g/mol. The van der Waals surface area contributed by atoms with Crippen LogP contribution in [-0.4, -0.2) is 12.3 Å². The molecule has 78 valence electrons. The number of aldehydes is 1. The van der Waals surface area contributed by atoms with Crippen molar-refractivity contribution in [2.45, 2.75) is 13.8 Å². The zero-order valence-electron chi connectivity index (χ0n) is 8.69. The number of carbonyl (C=O) groups is 2. The lowest BCUT2D eigenvalue weighted by Gasteiger charge is -2.01. The molecule has 0 saturated heterocycles. The normalized spacial score (nSPS) is 9.20.